The fraction of sp³-hybridized carbons (Fsp3) is 0.522. The monoisotopic (exact) mass is 424 g/mol. The van der Waals surface area contributed by atoms with E-state index in [1.807, 2.05) is 6.33 Å². The van der Waals surface area contributed by atoms with Crippen molar-refractivity contribution < 1.29 is 9.53 Å². The normalized spacial score (nSPS) is 20.5. The Hall–Kier alpha value is -2.41. The molecule has 3 heterocycles. The number of hydrogen-bond acceptors (Lipinski definition) is 5. The van der Waals surface area contributed by atoms with Crippen molar-refractivity contribution in [2.45, 2.75) is 64.5 Å². The maximum atomic E-state index is 11.7. The van der Waals surface area contributed by atoms with Gasteiger partial charge >= 0.3 is 0 Å². The highest BCUT2D eigenvalue weighted by atomic mass is 32.1. The number of carbonyl (C=O) groups is 1. The first-order valence-electron chi connectivity index (χ1n) is 10.7. The molecule has 1 N–H and O–H groups in total. The zero-order chi connectivity index (χ0) is 21.0. The number of carbonyl (C=O) groups excluding carboxylic acids is 1. The van der Waals surface area contributed by atoms with Gasteiger partial charge in [-0.05, 0) is 31.9 Å². The van der Waals surface area contributed by atoms with Crippen LogP contribution in [-0.2, 0) is 10.2 Å². The molecule has 3 aromatic rings. The Morgan fingerprint density at radius 3 is 2.73 bits per heavy atom. The molecule has 2 aliphatic rings. The van der Waals surface area contributed by atoms with Gasteiger partial charge in [-0.3, -0.25) is 4.79 Å². The molecule has 1 aliphatic heterocycles. The standard InChI is InChI=1S/C23H28N4O2S/c1-13(15-9-20(28)24-10-15)29-18-8-14(22-26-19(11-30-22)23(2,3)4)7-17-21(18)27(12-25-17)16-5-6-16/h7-8,11-13,15-16H,5-6,9-10H2,1-4H3,(H,24,28). The molecule has 0 bridgehead atoms. The van der Waals surface area contributed by atoms with Crippen LogP contribution >= 0.6 is 11.3 Å². The molecule has 0 radical (unpaired) electrons. The number of nitrogens with zero attached hydrogens (tertiary/aromatic N) is 3. The molecule has 5 rings (SSSR count). The minimum Gasteiger partial charge on any atom is -0.488 e. The Bertz CT molecular complexity index is 1110. The molecule has 30 heavy (non-hydrogen) atoms. The van der Waals surface area contributed by atoms with Gasteiger partial charge in [0.05, 0.1) is 17.5 Å². The first-order valence-corrected chi connectivity index (χ1v) is 11.6. The van der Waals surface area contributed by atoms with E-state index in [1.54, 1.807) is 11.3 Å². The van der Waals surface area contributed by atoms with Crippen LogP contribution < -0.4 is 10.1 Å². The predicted molar refractivity (Wildman–Crippen MR) is 119 cm³/mol. The number of rotatable bonds is 5. The SMILES string of the molecule is CC(Oc1cc(-c2nc(C(C)(C)C)cs2)cc2ncn(C3CC3)c12)C1CNC(=O)C1. The molecule has 2 fully saturated rings. The molecule has 1 aliphatic carbocycles. The van der Waals surface area contributed by atoms with Crippen molar-refractivity contribution in [2.75, 3.05) is 6.54 Å². The largest absolute Gasteiger partial charge is 0.488 e. The van der Waals surface area contributed by atoms with E-state index in [4.69, 9.17) is 14.7 Å². The topological polar surface area (TPSA) is 69.0 Å². The predicted octanol–water partition coefficient (Wildman–Crippen LogP) is 4.70. The number of ether oxygens (including phenoxy) is 1. The molecule has 1 saturated heterocycles. The van der Waals surface area contributed by atoms with E-state index >= 15 is 0 Å². The van der Waals surface area contributed by atoms with Gasteiger partial charge < -0.3 is 14.6 Å². The first-order chi connectivity index (χ1) is 14.3. The zero-order valence-corrected chi connectivity index (χ0v) is 18.8. The fourth-order valence-corrected chi connectivity index (χ4v) is 5.02. The molecule has 2 aromatic heterocycles. The Labute approximate surface area is 180 Å². The van der Waals surface area contributed by atoms with Gasteiger partial charge in [-0.1, -0.05) is 20.8 Å². The highest BCUT2D eigenvalue weighted by molar-refractivity contribution is 7.13. The van der Waals surface area contributed by atoms with Gasteiger partial charge in [-0.2, -0.15) is 0 Å². The summed E-state index contributed by atoms with van der Waals surface area (Å²) < 4.78 is 8.75. The fourth-order valence-electron chi connectivity index (χ4n) is 3.98. The van der Waals surface area contributed by atoms with Crippen LogP contribution in [0.4, 0.5) is 0 Å². The molecule has 2 atom stereocenters. The number of thiazole rings is 1. The summed E-state index contributed by atoms with van der Waals surface area (Å²) in [7, 11) is 0. The highest BCUT2D eigenvalue weighted by Crippen LogP contribution is 2.42. The van der Waals surface area contributed by atoms with Crippen LogP contribution in [0.2, 0.25) is 0 Å². The minimum absolute atomic E-state index is 0.0161. The van der Waals surface area contributed by atoms with Crippen molar-refractivity contribution in [1.29, 1.82) is 0 Å². The van der Waals surface area contributed by atoms with E-state index in [2.05, 4.69) is 55.1 Å². The molecule has 1 saturated carbocycles. The van der Waals surface area contributed by atoms with Gasteiger partial charge in [0.1, 0.15) is 22.4 Å². The Morgan fingerprint density at radius 1 is 1.30 bits per heavy atom. The summed E-state index contributed by atoms with van der Waals surface area (Å²) in [5.74, 6) is 1.13. The van der Waals surface area contributed by atoms with Crippen molar-refractivity contribution in [3.05, 3.63) is 29.5 Å². The molecular weight excluding hydrogens is 396 g/mol. The van der Waals surface area contributed by atoms with E-state index in [9.17, 15) is 4.79 Å². The van der Waals surface area contributed by atoms with Crippen molar-refractivity contribution in [3.8, 4) is 16.3 Å². The summed E-state index contributed by atoms with van der Waals surface area (Å²) >= 11 is 1.66. The van der Waals surface area contributed by atoms with E-state index in [0.29, 0.717) is 19.0 Å². The second kappa shape index (κ2) is 7.08. The quantitative estimate of drug-likeness (QED) is 0.645. The van der Waals surface area contributed by atoms with Gasteiger partial charge in [0.25, 0.3) is 0 Å². The maximum absolute atomic E-state index is 11.7. The van der Waals surface area contributed by atoms with Crippen LogP contribution in [0, 0.1) is 5.92 Å². The number of imidazole rings is 1. The van der Waals surface area contributed by atoms with Gasteiger partial charge in [-0.15, -0.1) is 11.3 Å². The molecule has 1 amide bonds. The van der Waals surface area contributed by atoms with Crippen molar-refractivity contribution in [1.82, 2.24) is 19.9 Å². The Morgan fingerprint density at radius 2 is 2.10 bits per heavy atom. The van der Waals surface area contributed by atoms with Crippen LogP contribution in [0.3, 0.4) is 0 Å². The lowest BCUT2D eigenvalue weighted by Gasteiger charge is -2.21. The summed E-state index contributed by atoms with van der Waals surface area (Å²) in [5.41, 5.74) is 4.14. The molecular formula is C23H28N4O2S. The lowest BCUT2D eigenvalue weighted by atomic mass is 9.93. The second-order valence-corrected chi connectivity index (χ2v) is 10.5. The third-order valence-corrected chi connectivity index (χ3v) is 6.97. The minimum atomic E-state index is -0.0635. The molecule has 158 valence electrons. The van der Waals surface area contributed by atoms with Gasteiger partial charge in [0.2, 0.25) is 5.91 Å². The highest BCUT2D eigenvalue weighted by Gasteiger charge is 2.31. The average molecular weight is 425 g/mol. The van der Waals surface area contributed by atoms with Crippen molar-refractivity contribution in [3.63, 3.8) is 0 Å². The second-order valence-electron chi connectivity index (χ2n) is 9.60. The lowest BCUT2D eigenvalue weighted by Crippen LogP contribution is -2.25. The number of hydrogen-bond donors (Lipinski definition) is 1. The van der Waals surface area contributed by atoms with E-state index < -0.39 is 0 Å². The Kier molecular flexibility index (Phi) is 4.61. The molecule has 7 heteroatoms. The first kappa shape index (κ1) is 19.5. The van der Waals surface area contributed by atoms with Crippen LogP contribution in [0.5, 0.6) is 5.75 Å². The van der Waals surface area contributed by atoms with E-state index in [1.165, 1.54) is 12.8 Å². The van der Waals surface area contributed by atoms with Crippen LogP contribution in [0.1, 0.15) is 58.7 Å². The lowest BCUT2D eigenvalue weighted by molar-refractivity contribution is -0.119. The van der Waals surface area contributed by atoms with E-state index in [-0.39, 0.29) is 23.3 Å². The summed E-state index contributed by atoms with van der Waals surface area (Å²) in [6.07, 6.45) is 4.77. The zero-order valence-electron chi connectivity index (χ0n) is 17.9. The maximum Gasteiger partial charge on any atom is 0.220 e. The van der Waals surface area contributed by atoms with Crippen LogP contribution in [0.25, 0.3) is 21.6 Å². The summed E-state index contributed by atoms with van der Waals surface area (Å²) in [6, 6.07) is 4.74. The Balaban J connectivity index is 1.55. The number of benzene rings is 1. The van der Waals surface area contributed by atoms with Gasteiger partial charge in [-0.25, -0.2) is 9.97 Å². The van der Waals surface area contributed by atoms with Gasteiger partial charge in [0, 0.05) is 41.3 Å². The molecule has 0 spiro atoms. The van der Waals surface area contributed by atoms with Crippen LogP contribution in [0.15, 0.2) is 23.8 Å². The number of amides is 1. The molecule has 2 unspecified atom stereocenters. The third-order valence-electron chi connectivity index (χ3n) is 6.08. The molecule has 1 aromatic carbocycles. The number of aromatic nitrogens is 3. The van der Waals surface area contributed by atoms with Gasteiger partial charge in [0.15, 0.2) is 0 Å². The average Bonchev–Trinajstić information content (AvgIpc) is 3.10. The number of fused-ring (bicyclic) bond motifs is 1. The third kappa shape index (κ3) is 3.60. The van der Waals surface area contributed by atoms with Crippen molar-refractivity contribution >= 4 is 28.3 Å². The summed E-state index contributed by atoms with van der Waals surface area (Å²) in [6.45, 7) is 9.27. The smallest absolute Gasteiger partial charge is 0.220 e. The molecule has 6 nitrogen and oxygen atoms in total. The number of nitrogens with one attached hydrogen (secondary N) is 1. The van der Waals surface area contributed by atoms with E-state index in [0.717, 1.165) is 33.0 Å². The summed E-state index contributed by atoms with van der Waals surface area (Å²) in [5, 5.41) is 6.04. The van der Waals surface area contributed by atoms with Crippen LogP contribution in [-0.4, -0.2) is 33.1 Å². The summed E-state index contributed by atoms with van der Waals surface area (Å²) in [4.78, 5) is 21.3. The van der Waals surface area contributed by atoms with Crippen molar-refractivity contribution in [2.24, 2.45) is 5.92 Å².